The molecule has 0 amide bonds. The largest absolute Gasteiger partial charge is 0.393 e. The average molecular weight is 346 g/mol. The van der Waals surface area contributed by atoms with Crippen molar-refractivity contribution in [3.8, 4) is 0 Å². The van der Waals surface area contributed by atoms with Gasteiger partial charge < -0.3 is 15.3 Å². The maximum absolute atomic E-state index is 9.63. The van der Waals surface area contributed by atoms with Crippen molar-refractivity contribution in [2.75, 3.05) is 18.0 Å². The summed E-state index contributed by atoms with van der Waals surface area (Å²) in [6.45, 7) is 9.08. The summed E-state index contributed by atoms with van der Waals surface area (Å²) in [7, 11) is 0. The molecule has 4 nitrogen and oxygen atoms in total. The van der Waals surface area contributed by atoms with Crippen LogP contribution in [0.5, 0.6) is 0 Å². The van der Waals surface area contributed by atoms with Crippen LogP contribution in [0.3, 0.4) is 0 Å². The van der Waals surface area contributed by atoms with Gasteiger partial charge in [0.05, 0.1) is 16.8 Å². The second kappa shape index (κ2) is 7.64. The van der Waals surface area contributed by atoms with E-state index in [0.717, 1.165) is 43.2 Å². The Hall–Kier alpha value is -1.43. The van der Waals surface area contributed by atoms with E-state index < -0.39 is 0 Å². The minimum absolute atomic E-state index is 0.123. The van der Waals surface area contributed by atoms with Crippen molar-refractivity contribution in [2.24, 2.45) is 0 Å². The minimum Gasteiger partial charge on any atom is -0.393 e. The molecule has 1 fully saturated rings. The van der Waals surface area contributed by atoms with Crippen molar-refractivity contribution in [3.05, 3.63) is 45.4 Å². The number of rotatable bonds is 5. The number of nitrogens with zero attached hydrogens (tertiary/aromatic N) is 2. The predicted molar refractivity (Wildman–Crippen MR) is 101 cm³/mol. The molecule has 0 radical (unpaired) electrons. The van der Waals surface area contributed by atoms with Crippen LogP contribution in [0.1, 0.15) is 46.9 Å². The lowest BCUT2D eigenvalue weighted by Gasteiger charge is -2.31. The van der Waals surface area contributed by atoms with E-state index >= 15 is 0 Å². The summed E-state index contributed by atoms with van der Waals surface area (Å²) >= 11 is 1.76. The average Bonchev–Trinajstić information content (AvgIpc) is 2.91. The lowest BCUT2D eigenvalue weighted by Crippen LogP contribution is -2.35. The highest BCUT2D eigenvalue weighted by atomic mass is 32.1. The van der Waals surface area contributed by atoms with Crippen molar-refractivity contribution < 1.29 is 5.11 Å². The summed E-state index contributed by atoms with van der Waals surface area (Å²) in [5.74, 6) is 0. The number of benzene rings is 1. The van der Waals surface area contributed by atoms with Gasteiger partial charge in [-0.1, -0.05) is 12.1 Å². The molecule has 3 rings (SSSR count). The number of anilines is 1. The van der Waals surface area contributed by atoms with Gasteiger partial charge in [0.25, 0.3) is 0 Å². The first-order valence-corrected chi connectivity index (χ1v) is 9.54. The van der Waals surface area contributed by atoms with Gasteiger partial charge >= 0.3 is 0 Å². The fourth-order valence-corrected chi connectivity index (χ4v) is 4.04. The highest BCUT2D eigenvalue weighted by Crippen LogP contribution is 2.23. The Morgan fingerprint density at radius 2 is 1.92 bits per heavy atom. The van der Waals surface area contributed by atoms with Crippen LogP contribution in [0.15, 0.2) is 24.3 Å². The zero-order valence-electron chi connectivity index (χ0n) is 14.7. The van der Waals surface area contributed by atoms with Crippen molar-refractivity contribution in [3.63, 3.8) is 0 Å². The molecule has 1 aromatic carbocycles. The van der Waals surface area contributed by atoms with Gasteiger partial charge in [0.15, 0.2) is 0 Å². The fourth-order valence-electron chi connectivity index (χ4n) is 3.20. The topological polar surface area (TPSA) is 48.4 Å². The molecule has 5 heteroatoms. The molecule has 24 heavy (non-hydrogen) atoms. The number of hydrogen-bond acceptors (Lipinski definition) is 5. The van der Waals surface area contributed by atoms with E-state index in [-0.39, 0.29) is 6.10 Å². The minimum atomic E-state index is -0.123. The van der Waals surface area contributed by atoms with Gasteiger partial charge in [-0.15, -0.1) is 11.3 Å². The number of piperidine rings is 1. The summed E-state index contributed by atoms with van der Waals surface area (Å²) in [6.07, 6.45) is 1.61. The molecule has 0 aliphatic carbocycles. The molecule has 2 aromatic rings. The number of hydrogen-bond donors (Lipinski definition) is 2. The first kappa shape index (κ1) is 17.4. The lowest BCUT2D eigenvalue weighted by molar-refractivity contribution is 0.145. The van der Waals surface area contributed by atoms with Crippen LogP contribution in [0.2, 0.25) is 0 Å². The van der Waals surface area contributed by atoms with Gasteiger partial charge in [-0.05, 0) is 51.3 Å². The van der Waals surface area contributed by atoms with Crippen LogP contribution in [0.4, 0.5) is 5.69 Å². The Bertz CT molecular complexity index is 660. The number of aliphatic hydroxyl groups is 1. The molecule has 0 bridgehead atoms. The standard InChI is InChI=1S/C19H27N3OS/c1-13(20-12-19-14(2)24-15(3)21-19)16-4-6-17(7-5-16)22-10-8-18(23)9-11-22/h4-7,13,18,20,23H,8-12H2,1-3H3. The van der Waals surface area contributed by atoms with Gasteiger partial charge in [-0.2, -0.15) is 0 Å². The summed E-state index contributed by atoms with van der Waals surface area (Å²) in [4.78, 5) is 8.24. The van der Waals surface area contributed by atoms with Gasteiger partial charge in [-0.3, -0.25) is 0 Å². The van der Waals surface area contributed by atoms with E-state index in [1.807, 2.05) is 0 Å². The van der Waals surface area contributed by atoms with Crippen LogP contribution in [-0.2, 0) is 6.54 Å². The predicted octanol–water partition coefficient (Wildman–Crippen LogP) is 3.57. The van der Waals surface area contributed by atoms with Crippen LogP contribution in [0, 0.1) is 13.8 Å². The lowest BCUT2D eigenvalue weighted by atomic mass is 10.0. The Morgan fingerprint density at radius 3 is 2.50 bits per heavy atom. The number of thiazole rings is 1. The smallest absolute Gasteiger partial charge is 0.0900 e. The maximum atomic E-state index is 9.63. The Kier molecular flexibility index (Phi) is 5.54. The molecule has 1 aliphatic rings. The Labute approximate surface area is 148 Å². The number of aliphatic hydroxyl groups excluding tert-OH is 1. The van der Waals surface area contributed by atoms with E-state index in [1.54, 1.807) is 11.3 Å². The third-order valence-corrected chi connectivity index (χ3v) is 5.73. The second-order valence-electron chi connectivity index (χ2n) is 6.65. The Balaban J connectivity index is 1.57. The van der Waals surface area contributed by atoms with Gasteiger partial charge in [-0.25, -0.2) is 4.98 Å². The van der Waals surface area contributed by atoms with Crippen LogP contribution in [-0.4, -0.2) is 29.3 Å². The highest BCUT2D eigenvalue weighted by Gasteiger charge is 2.17. The van der Waals surface area contributed by atoms with Crippen molar-refractivity contribution in [2.45, 2.75) is 52.3 Å². The quantitative estimate of drug-likeness (QED) is 0.870. The molecule has 1 aliphatic heterocycles. The second-order valence-corrected chi connectivity index (χ2v) is 8.06. The van der Waals surface area contributed by atoms with E-state index in [4.69, 9.17) is 0 Å². The van der Waals surface area contributed by atoms with E-state index in [2.05, 4.69) is 60.2 Å². The molecule has 130 valence electrons. The zero-order chi connectivity index (χ0) is 17.1. The molecule has 2 N–H and O–H groups in total. The third-order valence-electron chi connectivity index (χ3n) is 4.80. The molecule has 1 atom stereocenters. The van der Waals surface area contributed by atoms with E-state index in [1.165, 1.54) is 16.1 Å². The summed E-state index contributed by atoms with van der Waals surface area (Å²) in [5, 5.41) is 14.3. The van der Waals surface area contributed by atoms with E-state index in [0.29, 0.717) is 6.04 Å². The third kappa shape index (κ3) is 4.15. The normalized spacial score (nSPS) is 17.2. The van der Waals surface area contributed by atoms with Crippen molar-refractivity contribution in [1.82, 2.24) is 10.3 Å². The van der Waals surface area contributed by atoms with Crippen LogP contribution >= 0.6 is 11.3 Å². The number of aryl methyl sites for hydroxylation is 2. The summed E-state index contributed by atoms with van der Waals surface area (Å²) < 4.78 is 0. The van der Waals surface area contributed by atoms with Crippen LogP contribution in [0.25, 0.3) is 0 Å². The van der Waals surface area contributed by atoms with Crippen LogP contribution < -0.4 is 10.2 Å². The number of nitrogens with one attached hydrogen (secondary N) is 1. The maximum Gasteiger partial charge on any atom is 0.0900 e. The first-order chi connectivity index (χ1) is 11.5. The molecule has 1 unspecified atom stereocenters. The zero-order valence-corrected chi connectivity index (χ0v) is 15.6. The van der Waals surface area contributed by atoms with Crippen molar-refractivity contribution >= 4 is 17.0 Å². The molecular formula is C19H27N3OS. The fraction of sp³-hybridized carbons (Fsp3) is 0.526. The molecule has 1 saturated heterocycles. The first-order valence-electron chi connectivity index (χ1n) is 8.72. The van der Waals surface area contributed by atoms with E-state index in [9.17, 15) is 5.11 Å². The number of aromatic nitrogens is 1. The Morgan fingerprint density at radius 1 is 1.25 bits per heavy atom. The molecule has 0 spiro atoms. The van der Waals surface area contributed by atoms with Gasteiger partial charge in [0, 0.05) is 36.2 Å². The molecule has 2 heterocycles. The summed E-state index contributed by atoms with van der Waals surface area (Å²) in [5.41, 5.74) is 3.71. The highest BCUT2D eigenvalue weighted by molar-refractivity contribution is 7.11. The van der Waals surface area contributed by atoms with Gasteiger partial charge in [0.1, 0.15) is 0 Å². The SMILES string of the molecule is Cc1nc(CNC(C)c2ccc(N3CCC(O)CC3)cc2)c(C)s1. The molecule has 1 aromatic heterocycles. The monoisotopic (exact) mass is 345 g/mol. The summed E-state index contributed by atoms with van der Waals surface area (Å²) in [6, 6.07) is 9.10. The molecule has 0 saturated carbocycles. The molecular weight excluding hydrogens is 318 g/mol. The van der Waals surface area contributed by atoms with Gasteiger partial charge in [0.2, 0.25) is 0 Å². The van der Waals surface area contributed by atoms with Crippen molar-refractivity contribution in [1.29, 1.82) is 0 Å².